The van der Waals surface area contributed by atoms with Gasteiger partial charge in [0.05, 0.1) is 0 Å². The van der Waals surface area contributed by atoms with Crippen molar-refractivity contribution in [2.75, 3.05) is 0 Å². The summed E-state index contributed by atoms with van der Waals surface area (Å²) < 4.78 is 4.95. The highest BCUT2D eigenvalue weighted by Crippen LogP contribution is 2.21. The van der Waals surface area contributed by atoms with Crippen LogP contribution >= 0.6 is 0 Å². The van der Waals surface area contributed by atoms with Gasteiger partial charge in [0.25, 0.3) is 0 Å². The highest BCUT2D eigenvalue weighted by Gasteiger charge is 2.27. The fraction of sp³-hybridized carbons (Fsp3) is 0.571. The van der Waals surface area contributed by atoms with E-state index in [4.69, 9.17) is 4.74 Å². The van der Waals surface area contributed by atoms with Crippen LogP contribution in [-0.4, -0.2) is 11.6 Å². The zero-order valence-corrected chi connectivity index (χ0v) is 5.68. The second-order valence-corrected chi connectivity index (χ2v) is 2.42. The van der Waals surface area contributed by atoms with E-state index < -0.39 is 0 Å². The molecule has 0 aromatic carbocycles. The van der Waals surface area contributed by atoms with Crippen molar-refractivity contribution in [1.82, 2.24) is 0 Å². The van der Waals surface area contributed by atoms with Gasteiger partial charge < -0.3 is 4.74 Å². The first-order valence-corrected chi connectivity index (χ1v) is 3.08. The number of ether oxygens (including phenoxy) is 1. The molecule has 0 N–H and O–H groups in total. The Morgan fingerprint density at radius 1 is 1.78 bits per heavy atom. The lowest BCUT2D eigenvalue weighted by Gasteiger charge is -2.17. The zero-order chi connectivity index (χ0) is 6.91. The normalized spacial score (nSPS) is 32.9. The predicted molar refractivity (Wildman–Crippen MR) is 33.9 cm³/mol. The van der Waals surface area contributed by atoms with Gasteiger partial charge in [-0.3, -0.25) is 0 Å². The molecule has 0 saturated heterocycles. The third-order valence-corrected chi connectivity index (χ3v) is 1.61. The Balaban J connectivity index is 2.68. The highest BCUT2D eigenvalue weighted by molar-refractivity contribution is 5.85. The summed E-state index contributed by atoms with van der Waals surface area (Å²) in [6.07, 6.45) is 4.12. The van der Waals surface area contributed by atoms with E-state index >= 15 is 0 Å². The van der Waals surface area contributed by atoms with Crippen LogP contribution < -0.4 is 0 Å². The van der Waals surface area contributed by atoms with E-state index in [9.17, 15) is 4.79 Å². The van der Waals surface area contributed by atoms with Crippen molar-refractivity contribution in [2.45, 2.75) is 25.9 Å². The second-order valence-electron chi connectivity index (χ2n) is 2.42. The molecule has 1 rings (SSSR count). The topological polar surface area (TPSA) is 26.3 Å². The van der Waals surface area contributed by atoms with E-state index in [0.29, 0.717) is 0 Å². The van der Waals surface area contributed by atoms with Crippen molar-refractivity contribution in [2.24, 2.45) is 0 Å². The maximum Gasteiger partial charge on any atom is 0.331 e. The molecule has 0 bridgehead atoms. The fourth-order valence-corrected chi connectivity index (χ4v) is 0.732. The second kappa shape index (κ2) is 1.87. The highest BCUT2D eigenvalue weighted by atomic mass is 16.6. The van der Waals surface area contributed by atoms with Gasteiger partial charge in [-0.1, -0.05) is 6.92 Å². The standard InChI is InChI=1S/C7H10O2/c1-3-7(2)5-4-6(8)9-7/h4-5H,3H2,1-2H3. The van der Waals surface area contributed by atoms with Crippen molar-refractivity contribution in [3.8, 4) is 0 Å². The zero-order valence-electron chi connectivity index (χ0n) is 5.68. The Kier molecular flexibility index (Phi) is 1.31. The molecule has 0 spiro atoms. The van der Waals surface area contributed by atoms with Crippen LogP contribution in [0.25, 0.3) is 0 Å². The van der Waals surface area contributed by atoms with Gasteiger partial charge in [0.1, 0.15) is 5.60 Å². The number of carbonyl (C=O) groups is 1. The molecule has 1 aliphatic heterocycles. The Morgan fingerprint density at radius 3 is 2.67 bits per heavy atom. The largest absolute Gasteiger partial charge is 0.452 e. The van der Waals surface area contributed by atoms with E-state index in [-0.39, 0.29) is 11.6 Å². The minimum Gasteiger partial charge on any atom is -0.452 e. The summed E-state index contributed by atoms with van der Waals surface area (Å²) in [4.78, 5) is 10.5. The maximum atomic E-state index is 10.5. The molecule has 1 heterocycles. The first-order valence-electron chi connectivity index (χ1n) is 3.08. The lowest BCUT2D eigenvalue weighted by molar-refractivity contribution is -0.144. The summed E-state index contributed by atoms with van der Waals surface area (Å²) in [7, 11) is 0. The molecule has 2 nitrogen and oxygen atoms in total. The van der Waals surface area contributed by atoms with Gasteiger partial charge in [0.15, 0.2) is 0 Å². The monoisotopic (exact) mass is 126 g/mol. The smallest absolute Gasteiger partial charge is 0.331 e. The van der Waals surface area contributed by atoms with Gasteiger partial charge in [-0.05, 0) is 19.4 Å². The van der Waals surface area contributed by atoms with Crippen molar-refractivity contribution >= 4 is 5.97 Å². The molecular formula is C7H10O2. The summed E-state index contributed by atoms with van der Waals surface area (Å²) in [6, 6.07) is 0. The Hall–Kier alpha value is -0.790. The van der Waals surface area contributed by atoms with E-state index in [1.807, 2.05) is 13.8 Å². The van der Waals surface area contributed by atoms with Crippen molar-refractivity contribution < 1.29 is 9.53 Å². The molecule has 0 aliphatic carbocycles. The van der Waals surface area contributed by atoms with Crippen LogP contribution in [-0.2, 0) is 9.53 Å². The lowest BCUT2D eigenvalue weighted by Crippen LogP contribution is -2.21. The number of hydrogen-bond donors (Lipinski definition) is 0. The van der Waals surface area contributed by atoms with Crippen LogP contribution in [0.3, 0.4) is 0 Å². The molecule has 0 aromatic heterocycles. The van der Waals surface area contributed by atoms with Gasteiger partial charge in [0, 0.05) is 6.08 Å². The first kappa shape index (κ1) is 6.33. The average Bonchev–Trinajstić information content (AvgIpc) is 2.13. The molecule has 0 aromatic rings. The van der Waals surface area contributed by atoms with E-state index in [0.717, 1.165) is 6.42 Å². The molecule has 50 valence electrons. The van der Waals surface area contributed by atoms with Gasteiger partial charge in [0.2, 0.25) is 0 Å². The minimum atomic E-state index is -0.322. The van der Waals surface area contributed by atoms with Crippen LogP contribution in [0.5, 0.6) is 0 Å². The number of esters is 1. The predicted octanol–water partition coefficient (Wildman–Crippen LogP) is 1.27. The molecule has 2 heteroatoms. The number of cyclic esters (lactones) is 1. The maximum absolute atomic E-state index is 10.5. The molecule has 9 heavy (non-hydrogen) atoms. The SMILES string of the molecule is CCC1(C)C=CC(=O)O1. The lowest BCUT2D eigenvalue weighted by atomic mass is 10.1. The summed E-state index contributed by atoms with van der Waals surface area (Å²) in [5.41, 5.74) is -0.322. The summed E-state index contributed by atoms with van der Waals surface area (Å²) in [5, 5.41) is 0. The molecule has 1 aliphatic rings. The van der Waals surface area contributed by atoms with Gasteiger partial charge in [-0.15, -0.1) is 0 Å². The van der Waals surface area contributed by atoms with Crippen LogP contribution in [0.1, 0.15) is 20.3 Å². The van der Waals surface area contributed by atoms with Crippen molar-refractivity contribution in [3.05, 3.63) is 12.2 Å². The van der Waals surface area contributed by atoms with E-state index in [2.05, 4.69) is 0 Å². The third-order valence-electron chi connectivity index (χ3n) is 1.61. The van der Waals surface area contributed by atoms with Gasteiger partial charge in [-0.25, -0.2) is 4.79 Å². The van der Waals surface area contributed by atoms with Crippen LogP contribution in [0.2, 0.25) is 0 Å². The molecular weight excluding hydrogens is 116 g/mol. The molecule has 0 amide bonds. The number of carbonyl (C=O) groups excluding carboxylic acids is 1. The molecule has 0 saturated carbocycles. The molecule has 0 fully saturated rings. The number of rotatable bonds is 1. The summed E-state index contributed by atoms with van der Waals surface area (Å²) in [5.74, 6) is -0.223. The summed E-state index contributed by atoms with van der Waals surface area (Å²) in [6.45, 7) is 3.89. The summed E-state index contributed by atoms with van der Waals surface area (Å²) >= 11 is 0. The van der Waals surface area contributed by atoms with Crippen LogP contribution in [0.15, 0.2) is 12.2 Å². The minimum absolute atomic E-state index is 0.223. The molecule has 1 atom stereocenters. The van der Waals surface area contributed by atoms with Crippen molar-refractivity contribution in [1.29, 1.82) is 0 Å². The Bertz CT molecular complexity index is 160. The Labute approximate surface area is 54.5 Å². The third kappa shape index (κ3) is 1.12. The van der Waals surface area contributed by atoms with Gasteiger partial charge in [-0.2, -0.15) is 0 Å². The van der Waals surface area contributed by atoms with Crippen molar-refractivity contribution in [3.63, 3.8) is 0 Å². The van der Waals surface area contributed by atoms with E-state index in [1.54, 1.807) is 6.08 Å². The first-order chi connectivity index (χ1) is 4.16. The molecule has 0 radical (unpaired) electrons. The van der Waals surface area contributed by atoms with Crippen LogP contribution in [0, 0.1) is 0 Å². The van der Waals surface area contributed by atoms with E-state index in [1.165, 1.54) is 6.08 Å². The number of hydrogen-bond acceptors (Lipinski definition) is 2. The quantitative estimate of drug-likeness (QED) is 0.494. The van der Waals surface area contributed by atoms with Crippen LogP contribution in [0.4, 0.5) is 0 Å². The Morgan fingerprint density at radius 2 is 2.44 bits per heavy atom. The molecule has 1 unspecified atom stereocenters. The van der Waals surface area contributed by atoms with Gasteiger partial charge >= 0.3 is 5.97 Å². The fourth-order valence-electron chi connectivity index (χ4n) is 0.732. The average molecular weight is 126 g/mol.